The van der Waals surface area contributed by atoms with Crippen LogP contribution in [0.15, 0.2) is 29.1 Å². The van der Waals surface area contributed by atoms with Crippen molar-refractivity contribution in [2.24, 2.45) is 5.92 Å². The molecule has 0 saturated carbocycles. The van der Waals surface area contributed by atoms with Gasteiger partial charge in [-0.3, -0.25) is 4.79 Å². The number of hydrogen-bond donors (Lipinski definition) is 1. The average molecular weight is 271 g/mol. The van der Waals surface area contributed by atoms with Crippen LogP contribution in [0.4, 0.5) is 0 Å². The minimum Gasteiger partial charge on any atom is -0.310 e. The molecule has 1 aliphatic rings. The third-order valence-corrected chi connectivity index (χ3v) is 4.07. The SMILES string of the molecule is CC1CCCN(CCc2nc3ccccc3c(=O)[nH]2)C1. The van der Waals surface area contributed by atoms with E-state index < -0.39 is 0 Å². The molecule has 20 heavy (non-hydrogen) atoms. The van der Waals surface area contributed by atoms with E-state index in [0.717, 1.165) is 36.8 Å². The van der Waals surface area contributed by atoms with Crippen LogP contribution in [0.5, 0.6) is 0 Å². The minimum atomic E-state index is -0.0300. The lowest BCUT2D eigenvalue weighted by molar-refractivity contribution is 0.185. The highest BCUT2D eigenvalue weighted by Crippen LogP contribution is 2.15. The third-order valence-electron chi connectivity index (χ3n) is 4.07. The standard InChI is InChI=1S/C16H21N3O/c1-12-5-4-9-19(11-12)10-8-15-17-14-7-3-2-6-13(14)16(20)18-15/h2-3,6-7,12H,4-5,8-11H2,1H3,(H,17,18,20). The van der Waals surface area contributed by atoms with Gasteiger partial charge in [-0.05, 0) is 37.4 Å². The number of likely N-dealkylation sites (tertiary alicyclic amines) is 1. The molecule has 0 aliphatic carbocycles. The summed E-state index contributed by atoms with van der Waals surface area (Å²) in [7, 11) is 0. The second-order valence-corrected chi connectivity index (χ2v) is 5.83. The Morgan fingerprint density at radius 1 is 1.40 bits per heavy atom. The van der Waals surface area contributed by atoms with Crippen LogP contribution in [-0.2, 0) is 6.42 Å². The lowest BCUT2D eigenvalue weighted by Gasteiger charge is -2.30. The van der Waals surface area contributed by atoms with Crippen molar-refractivity contribution in [3.63, 3.8) is 0 Å². The van der Waals surface area contributed by atoms with Crippen molar-refractivity contribution in [1.82, 2.24) is 14.9 Å². The monoisotopic (exact) mass is 271 g/mol. The summed E-state index contributed by atoms with van der Waals surface area (Å²) in [6.07, 6.45) is 3.43. The summed E-state index contributed by atoms with van der Waals surface area (Å²) in [5.41, 5.74) is 0.760. The van der Waals surface area contributed by atoms with E-state index >= 15 is 0 Å². The highest BCUT2D eigenvalue weighted by atomic mass is 16.1. The molecule has 106 valence electrons. The molecular formula is C16H21N3O. The molecule has 4 heteroatoms. The molecule has 1 fully saturated rings. The highest BCUT2D eigenvalue weighted by molar-refractivity contribution is 5.77. The quantitative estimate of drug-likeness (QED) is 0.931. The first-order valence-corrected chi connectivity index (χ1v) is 7.42. The number of hydrogen-bond acceptors (Lipinski definition) is 3. The van der Waals surface area contributed by atoms with E-state index in [1.54, 1.807) is 0 Å². The Morgan fingerprint density at radius 3 is 3.10 bits per heavy atom. The van der Waals surface area contributed by atoms with E-state index in [1.165, 1.54) is 19.4 Å². The predicted molar refractivity (Wildman–Crippen MR) is 80.9 cm³/mol. The van der Waals surface area contributed by atoms with Gasteiger partial charge in [0.25, 0.3) is 5.56 Å². The van der Waals surface area contributed by atoms with Crippen molar-refractivity contribution in [2.75, 3.05) is 19.6 Å². The first-order chi connectivity index (χ1) is 9.72. The van der Waals surface area contributed by atoms with E-state index in [9.17, 15) is 4.79 Å². The Hall–Kier alpha value is -1.68. The summed E-state index contributed by atoms with van der Waals surface area (Å²) in [6.45, 7) is 5.62. The van der Waals surface area contributed by atoms with Gasteiger partial charge in [0.1, 0.15) is 5.82 Å². The van der Waals surface area contributed by atoms with Crippen LogP contribution in [0.3, 0.4) is 0 Å². The number of rotatable bonds is 3. The summed E-state index contributed by atoms with van der Waals surface area (Å²) in [6, 6.07) is 7.51. The number of aromatic nitrogens is 2. The Morgan fingerprint density at radius 2 is 2.25 bits per heavy atom. The zero-order chi connectivity index (χ0) is 13.9. The second-order valence-electron chi connectivity index (χ2n) is 5.83. The molecule has 0 spiro atoms. The molecule has 1 atom stereocenters. The fraction of sp³-hybridized carbons (Fsp3) is 0.500. The largest absolute Gasteiger partial charge is 0.310 e. The van der Waals surface area contributed by atoms with Crippen molar-refractivity contribution in [3.8, 4) is 0 Å². The van der Waals surface area contributed by atoms with Gasteiger partial charge < -0.3 is 9.88 Å². The van der Waals surface area contributed by atoms with E-state index in [2.05, 4.69) is 21.8 Å². The normalized spacial score (nSPS) is 20.4. The molecule has 0 amide bonds. The number of para-hydroxylation sites is 1. The summed E-state index contributed by atoms with van der Waals surface area (Å²) in [4.78, 5) is 21.9. The lowest BCUT2D eigenvalue weighted by atomic mass is 10.0. The van der Waals surface area contributed by atoms with Gasteiger partial charge in [-0.2, -0.15) is 0 Å². The van der Waals surface area contributed by atoms with Crippen LogP contribution in [0.25, 0.3) is 10.9 Å². The molecule has 1 aliphatic heterocycles. The molecule has 1 aromatic heterocycles. The summed E-state index contributed by atoms with van der Waals surface area (Å²) in [5, 5.41) is 0.669. The molecule has 1 N–H and O–H groups in total. The van der Waals surface area contributed by atoms with Gasteiger partial charge in [0.05, 0.1) is 10.9 Å². The van der Waals surface area contributed by atoms with Gasteiger partial charge >= 0.3 is 0 Å². The van der Waals surface area contributed by atoms with E-state index in [4.69, 9.17) is 0 Å². The Bertz CT molecular complexity index is 649. The lowest BCUT2D eigenvalue weighted by Crippen LogP contribution is -2.36. The number of piperidine rings is 1. The molecule has 2 heterocycles. The highest BCUT2D eigenvalue weighted by Gasteiger charge is 2.16. The van der Waals surface area contributed by atoms with Crippen molar-refractivity contribution in [3.05, 3.63) is 40.4 Å². The molecule has 0 radical (unpaired) electrons. The first-order valence-electron chi connectivity index (χ1n) is 7.42. The number of nitrogens with zero attached hydrogens (tertiary/aromatic N) is 2. The van der Waals surface area contributed by atoms with Crippen molar-refractivity contribution in [1.29, 1.82) is 0 Å². The van der Waals surface area contributed by atoms with Crippen LogP contribution in [-0.4, -0.2) is 34.5 Å². The molecule has 4 nitrogen and oxygen atoms in total. The van der Waals surface area contributed by atoms with Crippen molar-refractivity contribution < 1.29 is 0 Å². The molecule has 0 bridgehead atoms. The van der Waals surface area contributed by atoms with E-state index in [-0.39, 0.29) is 5.56 Å². The van der Waals surface area contributed by atoms with Gasteiger partial charge in [0, 0.05) is 19.5 Å². The summed E-state index contributed by atoms with van der Waals surface area (Å²) >= 11 is 0. The maximum absolute atomic E-state index is 12.0. The smallest absolute Gasteiger partial charge is 0.258 e. The number of benzene rings is 1. The number of fused-ring (bicyclic) bond motifs is 1. The summed E-state index contributed by atoms with van der Waals surface area (Å²) in [5.74, 6) is 1.58. The Labute approximate surface area is 118 Å². The van der Waals surface area contributed by atoms with E-state index in [1.807, 2.05) is 24.3 Å². The maximum atomic E-state index is 12.0. The summed E-state index contributed by atoms with van der Waals surface area (Å²) < 4.78 is 0. The molecule has 1 aromatic carbocycles. The fourth-order valence-electron chi connectivity index (χ4n) is 3.01. The average Bonchev–Trinajstić information content (AvgIpc) is 2.45. The molecule has 2 aromatic rings. The van der Waals surface area contributed by atoms with Gasteiger partial charge in [-0.1, -0.05) is 19.1 Å². The van der Waals surface area contributed by atoms with Gasteiger partial charge in [-0.15, -0.1) is 0 Å². The number of aromatic amines is 1. The molecule has 1 saturated heterocycles. The molecule has 3 rings (SSSR count). The topological polar surface area (TPSA) is 49.0 Å². The van der Waals surface area contributed by atoms with Crippen LogP contribution < -0.4 is 5.56 Å². The zero-order valence-corrected chi connectivity index (χ0v) is 11.9. The Balaban J connectivity index is 1.73. The minimum absolute atomic E-state index is 0.0300. The maximum Gasteiger partial charge on any atom is 0.258 e. The molecular weight excluding hydrogens is 250 g/mol. The predicted octanol–water partition coefficient (Wildman–Crippen LogP) is 2.20. The van der Waals surface area contributed by atoms with Crippen LogP contribution in [0.1, 0.15) is 25.6 Å². The first kappa shape index (κ1) is 13.3. The van der Waals surface area contributed by atoms with Gasteiger partial charge in [0.2, 0.25) is 0 Å². The molecule has 1 unspecified atom stereocenters. The van der Waals surface area contributed by atoms with E-state index in [0.29, 0.717) is 5.39 Å². The van der Waals surface area contributed by atoms with Crippen LogP contribution >= 0.6 is 0 Å². The van der Waals surface area contributed by atoms with Gasteiger partial charge in [0.15, 0.2) is 0 Å². The van der Waals surface area contributed by atoms with Crippen molar-refractivity contribution >= 4 is 10.9 Å². The van der Waals surface area contributed by atoms with Crippen LogP contribution in [0, 0.1) is 5.92 Å². The van der Waals surface area contributed by atoms with Gasteiger partial charge in [-0.25, -0.2) is 4.98 Å². The van der Waals surface area contributed by atoms with Crippen LogP contribution in [0.2, 0.25) is 0 Å². The third kappa shape index (κ3) is 2.90. The van der Waals surface area contributed by atoms with Crippen molar-refractivity contribution in [2.45, 2.75) is 26.2 Å². The number of H-pyrrole nitrogens is 1. The zero-order valence-electron chi connectivity index (χ0n) is 11.9. The fourth-order valence-corrected chi connectivity index (χ4v) is 3.01. The second kappa shape index (κ2) is 5.75. The Kier molecular flexibility index (Phi) is 3.83. The number of nitrogens with one attached hydrogen (secondary N) is 1.